The third kappa shape index (κ3) is 2.13. The van der Waals surface area contributed by atoms with E-state index in [2.05, 4.69) is 19.2 Å². The molecule has 70 valence electrons. The lowest BCUT2D eigenvalue weighted by Gasteiger charge is -2.39. The summed E-state index contributed by atoms with van der Waals surface area (Å²) in [6, 6.07) is 0.474. The number of guanidine groups is 1. The van der Waals surface area contributed by atoms with Crippen LogP contribution in [0.4, 0.5) is 0 Å². The van der Waals surface area contributed by atoms with Gasteiger partial charge in [0.1, 0.15) is 0 Å². The second-order valence-corrected chi connectivity index (χ2v) is 3.87. The molecule has 0 radical (unpaired) electrons. The van der Waals surface area contributed by atoms with Crippen LogP contribution in [0.15, 0.2) is 0 Å². The van der Waals surface area contributed by atoms with Crippen molar-refractivity contribution in [1.29, 1.82) is 5.41 Å². The molecular formula is C9H19N3. The molecule has 0 unspecified atom stereocenters. The second-order valence-electron chi connectivity index (χ2n) is 3.87. The molecule has 1 fully saturated rings. The first-order valence-corrected chi connectivity index (χ1v) is 4.74. The van der Waals surface area contributed by atoms with E-state index in [-0.39, 0.29) is 5.96 Å². The van der Waals surface area contributed by atoms with Crippen LogP contribution in [0.5, 0.6) is 0 Å². The highest BCUT2D eigenvalue weighted by atomic mass is 15.1. The van der Waals surface area contributed by atoms with Crippen LogP contribution in [0.2, 0.25) is 0 Å². The second kappa shape index (κ2) is 3.78. The van der Waals surface area contributed by atoms with Gasteiger partial charge < -0.3 is 11.1 Å². The molecule has 0 heterocycles. The van der Waals surface area contributed by atoms with Gasteiger partial charge in [-0.3, -0.25) is 5.41 Å². The standard InChI is InChI=1S/C9H19N3/c1-3-6(2)7-4-8(5-7)12-9(10)11/h6-8H,3-5H2,1-2H3,(H4,10,11,12)/t6-,7-,8+/m1/s1. The Morgan fingerprint density at radius 1 is 1.67 bits per heavy atom. The van der Waals surface area contributed by atoms with E-state index in [1.807, 2.05) is 0 Å². The lowest BCUT2D eigenvalue weighted by molar-refractivity contribution is 0.170. The summed E-state index contributed by atoms with van der Waals surface area (Å²) in [5.74, 6) is 1.80. The monoisotopic (exact) mass is 169 g/mol. The topological polar surface area (TPSA) is 61.9 Å². The Kier molecular flexibility index (Phi) is 2.95. The van der Waals surface area contributed by atoms with Gasteiger partial charge in [0.15, 0.2) is 5.96 Å². The van der Waals surface area contributed by atoms with E-state index in [1.54, 1.807) is 0 Å². The van der Waals surface area contributed by atoms with Gasteiger partial charge >= 0.3 is 0 Å². The van der Waals surface area contributed by atoms with Gasteiger partial charge in [-0.25, -0.2) is 0 Å². The van der Waals surface area contributed by atoms with Gasteiger partial charge in [-0.2, -0.15) is 0 Å². The van der Waals surface area contributed by atoms with Crippen molar-refractivity contribution >= 4 is 5.96 Å². The van der Waals surface area contributed by atoms with Crippen LogP contribution in [0, 0.1) is 17.2 Å². The van der Waals surface area contributed by atoms with Crippen molar-refractivity contribution in [3.8, 4) is 0 Å². The van der Waals surface area contributed by atoms with Crippen LogP contribution >= 0.6 is 0 Å². The van der Waals surface area contributed by atoms with E-state index >= 15 is 0 Å². The molecule has 4 N–H and O–H groups in total. The zero-order valence-electron chi connectivity index (χ0n) is 7.93. The minimum Gasteiger partial charge on any atom is -0.370 e. The van der Waals surface area contributed by atoms with Crippen LogP contribution in [-0.2, 0) is 0 Å². The average molecular weight is 169 g/mol. The summed E-state index contributed by atoms with van der Waals surface area (Å²) < 4.78 is 0. The predicted molar refractivity (Wildman–Crippen MR) is 51.0 cm³/mol. The van der Waals surface area contributed by atoms with Gasteiger partial charge in [-0.15, -0.1) is 0 Å². The molecule has 1 rings (SSSR count). The summed E-state index contributed by atoms with van der Waals surface area (Å²) in [6.45, 7) is 4.53. The lowest BCUT2D eigenvalue weighted by Crippen LogP contribution is -2.48. The first-order valence-electron chi connectivity index (χ1n) is 4.74. The van der Waals surface area contributed by atoms with E-state index < -0.39 is 0 Å². The molecule has 12 heavy (non-hydrogen) atoms. The number of rotatable bonds is 3. The molecule has 3 nitrogen and oxygen atoms in total. The summed E-state index contributed by atoms with van der Waals surface area (Å²) in [5, 5.41) is 10.00. The van der Waals surface area contributed by atoms with E-state index in [9.17, 15) is 0 Å². The van der Waals surface area contributed by atoms with Gasteiger partial charge in [0.25, 0.3) is 0 Å². The summed E-state index contributed by atoms with van der Waals surface area (Å²) in [4.78, 5) is 0. The largest absolute Gasteiger partial charge is 0.370 e. The molecular weight excluding hydrogens is 150 g/mol. The van der Waals surface area contributed by atoms with Crippen LogP contribution < -0.4 is 11.1 Å². The molecule has 0 aliphatic heterocycles. The Balaban J connectivity index is 2.15. The lowest BCUT2D eigenvalue weighted by atomic mass is 9.72. The third-order valence-electron chi connectivity index (χ3n) is 2.98. The molecule has 0 aromatic rings. The Hall–Kier alpha value is -0.730. The molecule has 0 amide bonds. The molecule has 3 heteroatoms. The first kappa shape index (κ1) is 9.36. The maximum Gasteiger partial charge on any atom is 0.185 e. The van der Waals surface area contributed by atoms with Crippen LogP contribution in [0.25, 0.3) is 0 Å². The predicted octanol–water partition coefficient (Wildman–Crippen LogP) is 1.29. The molecule has 0 aromatic carbocycles. The Morgan fingerprint density at radius 2 is 2.25 bits per heavy atom. The van der Waals surface area contributed by atoms with E-state index in [4.69, 9.17) is 11.1 Å². The number of nitrogens with two attached hydrogens (primary N) is 1. The quantitative estimate of drug-likeness (QED) is 0.440. The third-order valence-corrected chi connectivity index (χ3v) is 2.98. The van der Waals surface area contributed by atoms with Gasteiger partial charge in [0, 0.05) is 6.04 Å². The normalized spacial score (nSPS) is 30.5. The Bertz CT molecular complexity index is 161. The van der Waals surface area contributed by atoms with Crippen LogP contribution in [0.3, 0.4) is 0 Å². The van der Waals surface area contributed by atoms with Gasteiger partial charge in [0.2, 0.25) is 0 Å². The van der Waals surface area contributed by atoms with Gasteiger partial charge in [-0.05, 0) is 24.7 Å². The molecule has 1 aliphatic carbocycles. The van der Waals surface area contributed by atoms with E-state index in [0.717, 1.165) is 11.8 Å². The maximum absolute atomic E-state index is 7.05. The highest BCUT2D eigenvalue weighted by Gasteiger charge is 2.32. The summed E-state index contributed by atoms with van der Waals surface area (Å²) in [7, 11) is 0. The molecule has 1 aliphatic rings. The highest BCUT2D eigenvalue weighted by Crippen LogP contribution is 2.34. The fraction of sp³-hybridized carbons (Fsp3) is 0.889. The molecule has 1 atom stereocenters. The molecule has 0 aromatic heterocycles. The maximum atomic E-state index is 7.05. The van der Waals surface area contributed by atoms with Crippen molar-refractivity contribution in [3.05, 3.63) is 0 Å². The van der Waals surface area contributed by atoms with Crippen molar-refractivity contribution < 1.29 is 0 Å². The first-order chi connectivity index (χ1) is 5.63. The van der Waals surface area contributed by atoms with Gasteiger partial charge in [0.05, 0.1) is 0 Å². The van der Waals surface area contributed by atoms with Crippen molar-refractivity contribution in [3.63, 3.8) is 0 Å². The SMILES string of the molecule is CC[C@@H](C)[C@H]1C[C@@H](NC(=N)N)C1. The van der Waals surface area contributed by atoms with Crippen molar-refractivity contribution in [2.45, 2.75) is 39.2 Å². The number of hydrogen-bond donors (Lipinski definition) is 3. The zero-order valence-corrected chi connectivity index (χ0v) is 7.93. The van der Waals surface area contributed by atoms with Gasteiger partial charge in [-0.1, -0.05) is 20.3 Å². The fourth-order valence-electron chi connectivity index (χ4n) is 1.80. The minimum absolute atomic E-state index is 0.114. The van der Waals surface area contributed by atoms with E-state index in [1.165, 1.54) is 19.3 Å². The number of hydrogen-bond acceptors (Lipinski definition) is 1. The number of nitrogens with one attached hydrogen (secondary N) is 2. The molecule has 1 saturated carbocycles. The Labute approximate surface area is 74.2 Å². The molecule has 0 spiro atoms. The molecule has 0 bridgehead atoms. The summed E-state index contributed by atoms with van der Waals surface area (Å²) in [6.07, 6.45) is 3.64. The highest BCUT2D eigenvalue weighted by molar-refractivity contribution is 5.74. The summed E-state index contributed by atoms with van der Waals surface area (Å²) in [5.41, 5.74) is 5.23. The van der Waals surface area contributed by atoms with Crippen molar-refractivity contribution in [1.82, 2.24) is 5.32 Å². The zero-order chi connectivity index (χ0) is 9.14. The average Bonchev–Trinajstić information content (AvgIpc) is 1.94. The molecule has 0 saturated heterocycles. The van der Waals surface area contributed by atoms with Crippen LogP contribution in [-0.4, -0.2) is 12.0 Å². The Morgan fingerprint density at radius 3 is 2.67 bits per heavy atom. The van der Waals surface area contributed by atoms with E-state index in [0.29, 0.717) is 6.04 Å². The summed E-state index contributed by atoms with van der Waals surface area (Å²) >= 11 is 0. The minimum atomic E-state index is 0.114. The van der Waals surface area contributed by atoms with Crippen molar-refractivity contribution in [2.24, 2.45) is 17.6 Å². The van der Waals surface area contributed by atoms with Crippen molar-refractivity contribution in [2.75, 3.05) is 0 Å². The fourth-order valence-corrected chi connectivity index (χ4v) is 1.80. The smallest absolute Gasteiger partial charge is 0.185 e. The van der Waals surface area contributed by atoms with Crippen LogP contribution in [0.1, 0.15) is 33.1 Å².